The van der Waals surface area contributed by atoms with Crippen LogP contribution in [-0.4, -0.2) is 17.6 Å². The zero-order valence-electron chi connectivity index (χ0n) is 10.5. The Hall–Kier alpha value is -2.56. The van der Waals surface area contributed by atoms with Gasteiger partial charge in [0, 0.05) is 6.07 Å². The van der Waals surface area contributed by atoms with Crippen molar-refractivity contribution in [2.45, 2.75) is 6.54 Å². The smallest absolute Gasteiger partial charge is 0.265 e. The molecule has 102 valence electrons. The molecule has 4 nitrogen and oxygen atoms in total. The number of carbonyl (C=O) groups excluding carboxylic acids is 1. The van der Waals surface area contributed by atoms with Crippen molar-refractivity contribution in [3.8, 4) is 11.5 Å². The first kappa shape index (κ1) is 12.5. The van der Waals surface area contributed by atoms with Gasteiger partial charge in [0.1, 0.15) is 17.3 Å². The van der Waals surface area contributed by atoms with Gasteiger partial charge in [-0.05, 0) is 29.8 Å². The Morgan fingerprint density at radius 3 is 2.90 bits per heavy atom. The van der Waals surface area contributed by atoms with Crippen molar-refractivity contribution >= 4 is 11.6 Å². The monoisotopic (exact) mass is 273 g/mol. The molecule has 5 heteroatoms. The van der Waals surface area contributed by atoms with Crippen molar-refractivity contribution < 1.29 is 19.0 Å². The molecule has 1 heterocycles. The molecule has 2 aromatic rings. The van der Waals surface area contributed by atoms with E-state index < -0.39 is 0 Å². The van der Waals surface area contributed by atoms with E-state index in [9.17, 15) is 14.3 Å². The lowest BCUT2D eigenvalue weighted by molar-refractivity contribution is -0.121. The van der Waals surface area contributed by atoms with Crippen LogP contribution in [0.1, 0.15) is 5.56 Å². The summed E-state index contributed by atoms with van der Waals surface area (Å²) in [6.07, 6.45) is 0. The third-order valence-electron chi connectivity index (χ3n) is 3.12. The summed E-state index contributed by atoms with van der Waals surface area (Å²) in [5, 5.41) is 9.43. The second kappa shape index (κ2) is 4.85. The van der Waals surface area contributed by atoms with Gasteiger partial charge in [0.15, 0.2) is 6.61 Å². The quantitative estimate of drug-likeness (QED) is 0.914. The summed E-state index contributed by atoms with van der Waals surface area (Å²) in [5.41, 5.74) is 1.27. The number of benzene rings is 2. The first-order valence-corrected chi connectivity index (χ1v) is 6.14. The van der Waals surface area contributed by atoms with Crippen LogP contribution in [0.15, 0.2) is 42.5 Å². The van der Waals surface area contributed by atoms with Gasteiger partial charge in [-0.1, -0.05) is 12.1 Å². The molecule has 1 aliphatic heterocycles. The van der Waals surface area contributed by atoms with E-state index >= 15 is 0 Å². The molecule has 0 fully saturated rings. The lowest BCUT2D eigenvalue weighted by atomic mass is 10.1. The Kier molecular flexibility index (Phi) is 3.02. The molecular formula is C15H12FNO3. The first-order chi connectivity index (χ1) is 9.63. The van der Waals surface area contributed by atoms with Crippen LogP contribution in [0.25, 0.3) is 0 Å². The number of aromatic hydroxyl groups is 1. The van der Waals surface area contributed by atoms with E-state index in [1.165, 1.54) is 29.2 Å². The maximum atomic E-state index is 13.2. The second-order valence-corrected chi connectivity index (χ2v) is 4.55. The minimum atomic E-state index is -0.339. The highest BCUT2D eigenvalue weighted by Gasteiger charge is 2.25. The molecule has 0 saturated heterocycles. The van der Waals surface area contributed by atoms with E-state index in [0.717, 1.165) is 0 Å². The molecule has 1 N–H and O–H groups in total. The maximum absolute atomic E-state index is 13.2. The number of nitrogens with zero attached hydrogens (tertiary/aromatic N) is 1. The van der Waals surface area contributed by atoms with Crippen molar-refractivity contribution in [2.75, 3.05) is 11.5 Å². The lowest BCUT2D eigenvalue weighted by Gasteiger charge is -2.29. The molecular weight excluding hydrogens is 261 g/mol. The van der Waals surface area contributed by atoms with Crippen LogP contribution in [-0.2, 0) is 11.3 Å². The summed E-state index contributed by atoms with van der Waals surface area (Å²) in [4.78, 5) is 13.5. The zero-order valence-corrected chi connectivity index (χ0v) is 10.5. The van der Waals surface area contributed by atoms with Crippen LogP contribution < -0.4 is 9.64 Å². The number of anilines is 1. The standard InChI is InChI=1S/C15H12FNO3/c16-11-3-1-2-10(6-11)8-17-13-5-4-12(18)7-14(13)20-9-15(17)19/h1-7,18H,8-9H2. The number of amides is 1. The molecule has 1 aliphatic rings. The van der Waals surface area contributed by atoms with Gasteiger partial charge in [0.05, 0.1) is 12.2 Å². The molecule has 3 rings (SSSR count). The third-order valence-corrected chi connectivity index (χ3v) is 3.12. The lowest BCUT2D eigenvalue weighted by Crippen LogP contribution is -2.38. The fourth-order valence-corrected chi connectivity index (χ4v) is 2.18. The topological polar surface area (TPSA) is 49.8 Å². The average molecular weight is 273 g/mol. The molecule has 20 heavy (non-hydrogen) atoms. The van der Waals surface area contributed by atoms with Gasteiger partial charge in [0.2, 0.25) is 0 Å². The number of carbonyl (C=O) groups is 1. The van der Waals surface area contributed by atoms with Gasteiger partial charge in [-0.15, -0.1) is 0 Å². The molecule has 0 unspecified atom stereocenters. The maximum Gasteiger partial charge on any atom is 0.265 e. The Morgan fingerprint density at radius 2 is 2.10 bits per heavy atom. The van der Waals surface area contributed by atoms with Crippen LogP contribution in [0.3, 0.4) is 0 Å². The average Bonchev–Trinajstić information content (AvgIpc) is 2.42. The van der Waals surface area contributed by atoms with Gasteiger partial charge in [-0.25, -0.2) is 4.39 Å². The van der Waals surface area contributed by atoms with Gasteiger partial charge < -0.3 is 14.7 Å². The highest BCUT2D eigenvalue weighted by atomic mass is 19.1. The summed E-state index contributed by atoms with van der Waals surface area (Å²) in [6, 6.07) is 10.7. The van der Waals surface area contributed by atoms with Crippen LogP contribution >= 0.6 is 0 Å². The SMILES string of the molecule is O=C1COc2cc(O)ccc2N1Cc1cccc(F)c1. The molecule has 0 bridgehead atoms. The third kappa shape index (κ3) is 2.30. The number of rotatable bonds is 2. The molecule has 0 aliphatic carbocycles. The fourth-order valence-electron chi connectivity index (χ4n) is 2.18. The van der Waals surface area contributed by atoms with Crippen molar-refractivity contribution in [2.24, 2.45) is 0 Å². The van der Waals surface area contributed by atoms with E-state index in [4.69, 9.17) is 4.74 Å². The Labute approximate surface area is 115 Å². The van der Waals surface area contributed by atoms with Crippen LogP contribution in [0, 0.1) is 5.82 Å². The highest BCUT2D eigenvalue weighted by molar-refractivity contribution is 5.97. The molecule has 0 spiro atoms. The van der Waals surface area contributed by atoms with Gasteiger partial charge in [0.25, 0.3) is 5.91 Å². The van der Waals surface area contributed by atoms with Crippen LogP contribution in [0.4, 0.5) is 10.1 Å². The van der Waals surface area contributed by atoms with E-state index in [1.807, 2.05) is 0 Å². The second-order valence-electron chi connectivity index (χ2n) is 4.55. The van der Waals surface area contributed by atoms with Crippen molar-refractivity contribution in [1.82, 2.24) is 0 Å². The Bertz CT molecular complexity index is 672. The first-order valence-electron chi connectivity index (χ1n) is 6.14. The van der Waals surface area contributed by atoms with Crippen molar-refractivity contribution in [1.29, 1.82) is 0 Å². The molecule has 2 aromatic carbocycles. The van der Waals surface area contributed by atoms with Crippen molar-refractivity contribution in [3.05, 3.63) is 53.8 Å². The van der Waals surface area contributed by atoms with Crippen molar-refractivity contribution in [3.63, 3.8) is 0 Å². The fraction of sp³-hybridized carbons (Fsp3) is 0.133. The number of hydrogen-bond acceptors (Lipinski definition) is 3. The van der Waals surface area contributed by atoms with E-state index in [2.05, 4.69) is 0 Å². The summed E-state index contributed by atoms with van der Waals surface area (Å²) in [5.74, 6) is -0.0219. The predicted octanol–water partition coefficient (Wildman–Crippen LogP) is 2.46. The van der Waals surface area contributed by atoms with Crippen LogP contribution in [0.5, 0.6) is 11.5 Å². The summed E-state index contributed by atoms with van der Waals surface area (Å²) >= 11 is 0. The minimum Gasteiger partial charge on any atom is -0.508 e. The van der Waals surface area contributed by atoms with Crippen LogP contribution in [0.2, 0.25) is 0 Å². The van der Waals surface area contributed by atoms with Gasteiger partial charge >= 0.3 is 0 Å². The predicted molar refractivity (Wildman–Crippen MR) is 71.2 cm³/mol. The zero-order chi connectivity index (χ0) is 14.1. The number of fused-ring (bicyclic) bond motifs is 1. The molecule has 0 saturated carbocycles. The number of hydrogen-bond donors (Lipinski definition) is 1. The number of ether oxygens (including phenoxy) is 1. The highest BCUT2D eigenvalue weighted by Crippen LogP contribution is 2.35. The number of halogens is 1. The molecule has 0 radical (unpaired) electrons. The molecule has 1 amide bonds. The van der Waals surface area contributed by atoms with E-state index in [1.54, 1.807) is 18.2 Å². The van der Waals surface area contributed by atoms with Gasteiger partial charge in [-0.3, -0.25) is 4.79 Å². The normalized spacial score (nSPS) is 13.8. The minimum absolute atomic E-state index is 0.0730. The largest absolute Gasteiger partial charge is 0.508 e. The number of phenolic OH excluding ortho intramolecular Hbond substituents is 1. The summed E-state index contributed by atoms with van der Waals surface area (Å²) < 4.78 is 18.5. The Balaban J connectivity index is 1.95. The molecule has 0 aromatic heterocycles. The molecule has 0 atom stereocenters. The van der Waals surface area contributed by atoms with E-state index in [0.29, 0.717) is 17.0 Å². The number of phenols is 1. The summed E-state index contributed by atoms with van der Waals surface area (Å²) in [6.45, 7) is 0.170. The van der Waals surface area contributed by atoms with Gasteiger partial charge in [-0.2, -0.15) is 0 Å². The summed E-state index contributed by atoms with van der Waals surface area (Å²) in [7, 11) is 0. The Morgan fingerprint density at radius 1 is 1.25 bits per heavy atom. The van der Waals surface area contributed by atoms with E-state index in [-0.39, 0.29) is 30.6 Å².